The van der Waals surface area contributed by atoms with Crippen molar-refractivity contribution < 1.29 is 9.13 Å². The van der Waals surface area contributed by atoms with E-state index in [4.69, 9.17) is 0 Å². The normalized spacial score (nSPS) is 25.2. The quantitative estimate of drug-likeness (QED) is 0.656. The summed E-state index contributed by atoms with van der Waals surface area (Å²) in [5.74, 6) is 1.40. The summed E-state index contributed by atoms with van der Waals surface area (Å²) in [6.45, 7) is 0. The van der Waals surface area contributed by atoms with Gasteiger partial charge in [-0.2, -0.15) is 0 Å². The van der Waals surface area contributed by atoms with Gasteiger partial charge in [0.05, 0.1) is 4.92 Å². The van der Waals surface area contributed by atoms with Gasteiger partial charge in [-0.3, -0.25) is 14.3 Å². The van der Waals surface area contributed by atoms with Crippen LogP contribution in [0.2, 0.25) is 0 Å². The van der Waals surface area contributed by atoms with Gasteiger partial charge in [-0.05, 0) is 24.2 Å². The molecule has 0 spiro atoms. The van der Waals surface area contributed by atoms with Crippen molar-refractivity contribution >= 4 is 32.3 Å². The Kier molecular flexibility index (Phi) is 3.49. The van der Waals surface area contributed by atoms with Crippen LogP contribution in [-0.2, 0) is 10.8 Å². The Morgan fingerprint density at radius 1 is 1.56 bits per heavy atom. The van der Waals surface area contributed by atoms with E-state index in [0.29, 0.717) is 16.6 Å². The van der Waals surface area contributed by atoms with Gasteiger partial charge in [0.2, 0.25) is 0 Å². The van der Waals surface area contributed by atoms with Crippen molar-refractivity contribution in [2.24, 2.45) is 0 Å². The second-order valence-electron chi connectivity index (χ2n) is 3.53. The number of nitrogens with zero attached hydrogens (tertiary/aromatic N) is 2. The third-order valence-corrected chi connectivity index (χ3v) is 4.65. The van der Waals surface area contributed by atoms with Gasteiger partial charge in [0, 0.05) is 28.3 Å². The lowest BCUT2D eigenvalue weighted by molar-refractivity contribution is -0.380. The number of nitro groups is 1. The largest absolute Gasteiger partial charge is 0.359 e. The molecule has 0 atom stereocenters. The zero-order valence-electron chi connectivity index (χ0n) is 8.42. The number of rotatable bonds is 3. The molecule has 0 radical (unpaired) electrons. The maximum Gasteiger partial charge on any atom is 0.345 e. The predicted octanol–water partition coefficient (Wildman–Crippen LogP) is 1.37. The van der Waals surface area contributed by atoms with Gasteiger partial charge in [0.15, 0.2) is 5.13 Å². The van der Waals surface area contributed by atoms with Gasteiger partial charge in [0.25, 0.3) is 0 Å². The van der Waals surface area contributed by atoms with Crippen molar-refractivity contribution in [2.45, 2.75) is 18.9 Å². The van der Waals surface area contributed by atoms with Crippen molar-refractivity contribution in [3.8, 4) is 0 Å². The Morgan fingerprint density at radius 2 is 2.25 bits per heavy atom. The summed E-state index contributed by atoms with van der Waals surface area (Å²) >= 11 is 1.04. The maximum atomic E-state index is 11.1. The Morgan fingerprint density at radius 3 is 2.81 bits per heavy atom. The summed E-state index contributed by atoms with van der Waals surface area (Å²) in [7, 11) is -0.686. The Bertz CT molecular complexity index is 410. The molecule has 0 unspecified atom stereocenters. The highest BCUT2D eigenvalue weighted by molar-refractivity contribution is 7.85. The van der Waals surface area contributed by atoms with Crippen molar-refractivity contribution in [2.75, 3.05) is 16.8 Å². The summed E-state index contributed by atoms with van der Waals surface area (Å²) in [5, 5.41) is 14.2. The molecule has 1 aromatic rings. The van der Waals surface area contributed by atoms with Gasteiger partial charge in [-0.15, -0.1) is 0 Å². The molecule has 1 N–H and O–H groups in total. The van der Waals surface area contributed by atoms with E-state index in [-0.39, 0.29) is 11.0 Å². The summed E-state index contributed by atoms with van der Waals surface area (Å²) < 4.78 is 11.1. The third-order valence-electron chi connectivity index (χ3n) is 2.39. The Labute approximate surface area is 98.7 Å². The average Bonchev–Trinajstić information content (AvgIpc) is 2.70. The molecule has 1 aromatic heterocycles. The zero-order chi connectivity index (χ0) is 11.5. The summed E-state index contributed by atoms with van der Waals surface area (Å²) in [6, 6.07) is 0.239. The SMILES string of the molecule is O=[N+]([O-])c1cnc(NC2CCS(=O)CC2)s1. The first-order valence-electron chi connectivity index (χ1n) is 4.87. The van der Waals surface area contributed by atoms with Crippen molar-refractivity contribution in [3.05, 3.63) is 16.3 Å². The molecule has 88 valence electrons. The lowest BCUT2D eigenvalue weighted by Gasteiger charge is -2.21. The van der Waals surface area contributed by atoms with Crippen LogP contribution in [0, 0.1) is 10.1 Å². The van der Waals surface area contributed by atoms with Gasteiger partial charge in [-0.25, -0.2) is 4.98 Å². The van der Waals surface area contributed by atoms with E-state index in [9.17, 15) is 14.3 Å². The highest BCUT2D eigenvalue weighted by atomic mass is 32.2. The van der Waals surface area contributed by atoms with Crippen LogP contribution in [0.3, 0.4) is 0 Å². The van der Waals surface area contributed by atoms with E-state index >= 15 is 0 Å². The van der Waals surface area contributed by atoms with Crippen LogP contribution in [0.5, 0.6) is 0 Å². The summed E-state index contributed by atoms with van der Waals surface area (Å²) in [4.78, 5) is 14.0. The Balaban J connectivity index is 1.93. The van der Waals surface area contributed by atoms with Crippen LogP contribution >= 0.6 is 11.3 Å². The fourth-order valence-corrected chi connectivity index (χ4v) is 3.54. The second kappa shape index (κ2) is 4.88. The summed E-state index contributed by atoms with van der Waals surface area (Å²) in [5.41, 5.74) is 0. The van der Waals surface area contributed by atoms with Gasteiger partial charge >= 0.3 is 5.00 Å². The number of aromatic nitrogens is 1. The molecule has 0 bridgehead atoms. The molecule has 6 nitrogen and oxygen atoms in total. The van der Waals surface area contributed by atoms with Crippen LogP contribution in [-0.4, -0.2) is 31.7 Å². The summed E-state index contributed by atoms with van der Waals surface area (Å²) in [6.07, 6.45) is 2.92. The van der Waals surface area contributed by atoms with Gasteiger partial charge < -0.3 is 5.32 Å². The number of nitrogens with one attached hydrogen (secondary N) is 1. The lowest BCUT2D eigenvalue weighted by atomic mass is 10.2. The zero-order valence-corrected chi connectivity index (χ0v) is 10.1. The van der Waals surface area contributed by atoms with Crippen LogP contribution in [0.25, 0.3) is 0 Å². The lowest BCUT2D eigenvalue weighted by Crippen LogP contribution is -2.29. The first-order chi connectivity index (χ1) is 7.65. The average molecular weight is 261 g/mol. The first kappa shape index (κ1) is 11.5. The van der Waals surface area contributed by atoms with E-state index < -0.39 is 15.7 Å². The monoisotopic (exact) mass is 261 g/mol. The van der Waals surface area contributed by atoms with E-state index in [1.165, 1.54) is 6.20 Å². The molecule has 2 heterocycles. The fraction of sp³-hybridized carbons (Fsp3) is 0.625. The highest BCUT2D eigenvalue weighted by Gasteiger charge is 2.19. The van der Waals surface area contributed by atoms with Crippen LogP contribution < -0.4 is 5.32 Å². The fourth-order valence-electron chi connectivity index (χ4n) is 1.53. The van der Waals surface area contributed by atoms with Crippen LogP contribution in [0.4, 0.5) is 10.1 Å². The van der Waals surface area contributed by atoms with Crippen molar-refractivity contribution in [1.82, 2.24) is 4.98 Å². The molecule has 0 aliphatic carbocycles. The minimum Gasteiger partial charge on any atom is -0.359 e. The highest BCUT2D eigenvalue weighted by Crippen LogP contribution is 2.26. The minimum absolute atomic E-state index is 0.0434. The van der Waals surface area contributed by atoms with E-state index in [0.717, 1.165) is 24.2 Å². The minimum atomic E-state index is -0.686. The molecule has 1 aliphatic rings. The van der Waals surface area contributed by atoms with E-state index in [2.05, 4.69) is 10.3 Å². The molecular weight excluding hydrogens is 250 g/mol. The first-order valence-corrected chi connectivity index (χ1v) is 7.17. The molecule has 2 rings (SSSR count). The van der Waals surface area contributed by atoms with Crippen molar-refractivity contribution in [1.29, 1.82) is 0 Å². The molecule has 8 heteroatoms. The topological polar surface area (TPSA) is 85.1 Å². The molecule has 1 fully saturated rings. The molecule has 0 saturated carbocycles. The van der Waals surface area contributed by atoms with Crippen LogP contribution in [0.1, 0.15) is 12.8 Å². The maximum absolute atomic E-state index is 11.1. The van der Waals surface area contributed by atoms with Crippen LogP contribution in [0.15, 0.2) is 6.20 Å². The molecular formula is C8H11N3O3S2. The van der Waals surface area contributed by atoms with E-state index in [1.54, 1.807) is 0 Å². The number of thiazole rings is 1. The standard InChI is InChI=1S/C8H11N3O3S2/c12-11(13)7-5-9-8(15-7)10-6-1-3-16(14)4-2-6/h5-6H,1-4H2,(H,9,10). The van der Waals surface area contributed by atoms with Gasteiger partial charge in [0.1, 0.15) is 6.20 Å². The van der Waals surface area contributed by atoms with Gasteiger partial charge in [-0.1, -0.05) is 0 Å². The van der Waals surface area contributed by atoms with Crippen molar-refractivity contribution in [3.63, 3.8) is 0 Å². The molecule has 16 heavy (non-hydrogen) atoms. The number of hydrogen-bond acceptors (Lipinski definition) is 6. The third kappa shape index (κ3) is 2.76. The Hall–Kier alpha value is -1.02. The molecule has 1 aliphatic heterocycles. The smallest absolute Gasteiger partial charge is 0.345 e. The molecule has 1 saturated heterocycles. The molecule has 0 aromatic carbocycles. The predicted molar refractivity (Wildman–Crippen MR) is 63.3 cm³/mol. The number of hydrogen-bond donors (Lipinski definition) is 1. The number of anilines is 1. The molecule has 0 amide bonds. The van der Waals surface area contributed by atoms with E-state index in [1.807, 2.05) is 0 Å². The second-order valence-corrected chi connectivity index (χ2v) is 6.23.